The summed E-state index contributed by atoms with van der Waals surface area (Å²) in [6.45, 7) is 2.36. The van der Waals surface area contributed by atoms with Crippen molar-refractivity contribution in [2.24, 2.45) is 0 Å². The summed E-state index contributed by atoms with van der Waals surface area (Å²) >= 11 is 1.73. The maximum atomic E-state index is 13.1. The van der Waals surface area contributed by atoms with Crippen molar-refractivity contribution < 1.29 is 8.81 Å². The number of hydrogen-bond acceptors (Lipinski definition) is 3. The van der Waals surface area contributed by atoms with Crippen LogP contribution in [0.3, 0.4) is 0 Å². The molecule has 1 heterocycles. The normalized spacial score (nSPS) is 10.6. The van der Waals surface area contributed by atoms with Crippen LogP contribution >= 0.6 is 11.8 Å². The van der Waals surface area contributed by atoms with Crippen LogP contribution in [0, 0.1) is 12.7 Å². The van der Waals surface area contributed by atoms with Crippen molar-refractivity contribution in [2.75, 3.05) is 11.6 Å². The number of nitrogens with one attached hydrogen (secondary N) is 1. The Kier molecular flexibility index (Phi) is 4.31. The summed E-state index contributed by atoms with van der Waals surface area (Å²) in [6, 6.07) is 8.95. The lowest BCUT2D eigenvalue weighted by Crippen LogP contribution is -1.98. The first-order chi connectivity index (χ1) is 8.69. The van der Waals surface area contributed by atoms with Crippen molar-refractivity contribution in [2.45, 2.75) is 19.2 Å². The molecule has 0 aliphatic heterocycles. The van der Waals surface area contributed by atoms with E-state index in [-0.39, 0.29) is 5.82 Å². The lowest BCUT2D eigenvalue weighted by atomic mass is 10.2. The molecule has 0 radical (unpaired) electrons. The molecular formula is C14H16FNOS. The van der Waals surface area contributed by atoms with Gasteiger partial charge in [0.05, 0.1) is 12.3 Å². The average molecular weight is 265 g/mol. The first kappa shape index (κ1) is 13.0. The monoisotopic (exact) mass is 265 g/mol. The third kappa shape index (κ3) is 3.29. The van der Waals surface area contributed by atoms with E-state index in [0.717, 1.165) is 23.0 Å². The Morgan fingerprint density at radius 2 is 2.00 bits per heavy atom. The second-order valence-corrected chi connectivity index (χ2v) is 4.98. The van der Waals surface area contributed by atoms with E-state index in [0.29, 0.717) is 12.1 Å². The second-order valence-electron chi connectivity index (χ2n) is 4.12. The van der Waals surface area contributed by atoms with E-state index in [1.165, 1.54) is 6.07 Å². The standard InChI is InChI=1S/C14H16FNOS/c1-10-7-11(3-6-14(10)15)16-8-12-4-5-13(17-12)9-18-2/h3-7,16H,8-9H2,1-2H3. The summed E-state index contributed by atoms with van der Waals surface area (Å²) in [4.78, 5) is 0. The number of halogens is 1. The molecule has 0 bridgehead atoms. The molecule has 1 aromatic carbocycles. The zero-order valence-corrected chi connectivity index (χ0v) is 11.3. The van der Waals surface area contributed by atoms with Crippen molar-refractivity contribution in [1.29, 1.82) is 0 Å². The third-order valence-electron chi connectivity index (χ3n) is 2.63. The van der Waals surface area contributed by atoms with E-state index in [9.17, 15) is 4.39 Å². The quantitative estimate of drug-likeness (QED) is 0.877. The molecule has 2 nitrogen and oxygen atoms in total. The first-order valence-electron chi connectivity index (χ1n) is 5.75. The number of furan rings is 1. The van der Waals surface area contributed by atoms with E-state index in [4.69, 9.17) is 4.42 Å². The van der Waals surface area contributed by atoms with Gasteiger partial charge in [0, 0.05) is 5.69 Å². The lowest BCUT2D eigenvalue weighted by molar-refractivity contribution is 0.487. The zero-order chi connectivity index (χ0) is 13.0. The Labute approximate surface area is 111 Å². The molecule has 0 saturated heterocycles. The third-order valence-corrected chi connectivity index (χ3v) is 3.20. The first-order valence-corrected chi connectivity index (χ1v) is 7.15. The van der Waals surface area contributed by atoms with Crippen LogP contribution in [0.4, 0.5) is 10.1 Å². The number of anilines is 1. The molecule has 0 atom stereocenters. The lowest BCUT2D eigenvalue weighted by Gasteiger charge is -2.06. The van der Waals surface area contributed by atoms with Crippen LogP contribution in [-0.4, -0.2) is 6.26 Å². The number of thioether (sulfide) groups is 1. The Balaban J connectivity index is 1.95. The Bertz CT molecular complexity index is 524. The van der Waals surface area contributed by atoms with Gasteiger partial charge in [-0.15, -0.1) is 0 Å². The summed E-state index contributed by atoms with van der Waals surface area (Å²) in [6.07, 6.45) is 2.04. The molecule has 0 aliphatic rings. The summed E-state index contributed by atoms with van der Waals surface area (Å²) in [5, 5.41) is 3.22. The van der Waals surface area contributed by atoms with Gasteiger partial charge in [-0.3, -0.25) is 0 Å². The van der Waals surface area contributed by atoms with Gasteiger partial charge in [0.1, 0.15) is 17.3 Å². The Hall–Kier alpha value is -1.42. The van der Waals surface area contributed by atoms with Gasteiger partial charge in [0.2, 0.25) is 0 Å². The highest BCUT2D eigenvalue weighted by Gasteiger charge is 2.02. The summed E-state index contributed by atoms with van der Waals surface area (Å²) in [7, 11) is 0. The number of rotatable bonds is 5. The SMILES string of the molecule is CSCc1ccc(CNc2ccc(F)c(C)c2)o1. The molecular weight excluding hydrogens is 249 g/mol. The molecule has 96 valence electrons. The predicted molar refractivity (Wildman–Crippen MR) is 74.4 cm³/mol. The molecule has 18 heavy (non-hydrogen) atoms. The van der Waals surface area contributed by atoms with Crippen LogP contribution in [0.1, 0.15) is 17.1 Å². The van der Waals surface area contributed by atoms with Gasteiger partial charge in [0.15, 0.2) is 0 Å². The average Bonchev–Trinajstić information content (AvgIpc) is 2.79. The molecule has 2 rings (SSSR count). The zero-order valence-electron chi connectivity index (χ0n) is 10.5. The number of benzene rings is 1. The van der Waals surface area contributed by atoms with Gasteiger partial charge in [-0.05, 0) is 49.1 Å². The second kappa shape index (κ2) is 5.96. The van der Waals surface area contributed by atoms with Gasteiger partial charge in [-0.1, -0.05) is 0 Å². The molecule has 4 heteroatoms. The minimum Gasteiger partial charge on any atom is -0.463 e. The fraction of sp³-hybridized carbons (Fsp3) is 0.286. The van der Waals surface area contributed by atoms with E-state index < -0.39 is 0 Å². The van der Waals surface area contributed by atoms with Crippen molar-refractivity contribution in [3.63, 3.8) is 0 Å². The van der Waals surface area contributed by atoms with E-state index in [2.05, 4.69) is 5.32 Å². The smallest absolute Gasteiger partial charge is 0.126 e. The number of hydrogen-bond donors (Lipinski definition) is 1. The highest BCUT2D eigenvalue weighted by Crippen LogP contribution is 2.17. The highest BCUT2D eigenvalue weighted by atomic mass is 32.2. The number of aryl methyl sites for hydroxylation is 1. The van der Waals surface area contributed by atoms with Crippen molar-refractivity contribution in [1.82, 2.24) is 0 Å². The largest absolute Gasteiger partial charge is 0.463 e. The molecule has 1 N–H and O–H groups in total. The van der Waals surface area contributed by atoms with Crippen LogP contribution in [0.25, 0.3) is 0 Å². The van der Waals surface area contributed by atoms with Crippen LogP contribution in [-0.2, 0) is 12.3 Å². The van der Waals surface area contributed by atoms with Crippen molar-refractivity contribution in [3.05, 3.63) is 53.2 Å². The van der Waals surface area contributed by atoms with E-state index in [1.807, 2.05) is 18.4 Å². The van der Waals surface area contributed by atoms with Gasteiger partial charge >= 0.3 is 0 Å². The molecule has 0 saturated carbocycles. The maximum absolute atomic E-state index is 13.1. The molecule has 1 aromatic heterocycles. The molecule has 0 aliphatic carbocycles. The van der Waals surface area contributed by atoms with Crippen LogP contribution in [0.2, 0.25) is 0 Å². The minimum atomic E-state index is -0.180. The fourth-order valence-corrected chi connectivity index (χ4v) is 2.12. The predicted octanol–water partition coefficient (Wildman–Crippen LogP) is 4.20. The molecule has 0 fully saturated rings. The van der Waals surface area contributed by atoms with Crippen LogP contribution < -0.4 is 5.32 Å². The molecule has 2 aromatic rings. The van der Waals surface area contributed by atoms with E-state index in [1.54, 1.807) is 30.8 Å². The van der Waals surface area contributed by atoms with E-state index >= 15 is 0 Å². The summed E-state index contributed by atoms with van der Waals surface area (Å²) < 4.78 is 18.7. The fourth-order valence-electron chi connectivity index (χ4n) is 1.68. The van der Waals surface area contributed by atoms with Gasteiger partial charge < -0.3 is 9.73 Å². The highest BCUT2D eigenvalue weighted by molar-refractivity contribution is 7.97. The van der Waals surface area contributed by atoms with Gasteiger partial charge in [0.25, 0.3) is 0 Å². The summed E-state index contributed by atoms with van der Waals surface area (Å²) in [5.74, 6) is 2.58. The minimum absolute atomic E-state index is 0.180. The topological polar surface area (TPSA) is 25.2 Å². The summed E-state index contributed by atoms with van der Waals surface area (Å²) in [5.41, 5.74) is 1.54. The van der Waals surface area contributed by atoms with Gasteiger partial charge in [-0.25, -0.2) is 4.39 Å². The molecule has 0 spiro atoms. The van der Waals surface area contributed by atoms with Gasteiger partial charge in [-0.2, -0.15) is 11.8 Å². The molecule has 0 amide bonds. The maximum Gasteiger partial charge on any atom is 0.126 e. The molecule has 0 unspecified atom stereocenters. The van der Waals surface area contributed by atoms with Crippen LogP contribution in [0.15, 0.2) is 34.7 Å². The van der Waals surface area contributed by atoms with Crippen molar-refractivity contribution in [3.8, 4) is 0 Å². The Morgan fingerprint density at radius 1 is 1.22 bits per heavy atom. The van der Waals surface area contributed by atoms with Crippen LogP contribution in [0.5, 0.6) is 0 Å². The van der Waals surface area contributed by atoms with Crippen molar-refractivity contribution >= 4 is 17.4 Å². The Morgan fingerprint density at radius 3 is 2.72 bits per heavy atom.